The van der Waals surface area contributed by atoms with Crippen LogP contribution in [0.1, 0.15) is 22.3 Å². The van der Waals surface area contributed by atoms with Crippen LogP contribution in [0.2, 0.25) is 5.02 Å². The average molecular weight is 419 g/mol. The highest BCUT2D eigenvalue weighted by atomic mass is 35.5. The lowest BCUT2D eigenvalue weighted by atomic mass is 9.87. The smallest absolute Gasteiger partial charge is 0.253 e. The van der Waals surface area contributed by atoms with Gasteiger partial charge in [-0.25, -0.2) is 0 Å². The minimum Gasteiger partial charge on any atom is -0.496 e. The normalized spacial score (nSPS) is 22.0. The highest BCUT2D eigenvalue weighted by Gasteiger charge is 2.42. The molecule has 0 bridgehead atoms. The summed E-state index contributed by atoms with van der Waals surface area (Å²) in [6, 6.07) is 14.4. The van der Waals surface area contributed by atoms with E-state index in [4.69, 9.17) is 16.3 Å². The minimum atomic E-state index is -1.28. The molecule has 1 amide bonds. The first-order valence-corrected chi connectivity index (χ1v) is 9.96. The van der Waals surface area contributed by atoms with Crippen LogP contribution in [0, 0.1) is 0 Å². The summed E-state index contributed by atoms with van der Waals surface area (Å²) in [5.74, 6) is 0.611. The number of nitrogens with zero attached hydrogens (tertiary/aromatic N) is 2. The second kappa shape index (κ2) is 9.13. The third-order valence-electron chi connectivity index (χ3n) is 5.38. The Balaban J connectivity index is 1.61. The summed E-state index contributed by atoms with van der Waals surface area (Å²) in [5, 5.41) is 22.2. The van der Waals surface area contributed by atoms with E-state index in [0.717, 1.165) is 11.3 Å². The van der Waals surface area contributed by atoms with Crippen molar-refractivity contribution in [2.45, 2.75) is 24.7 Å². The van der Waals surface area contributed by atoms with E-state index in [1.165, 1.54) is 0 Å². The van der Waals surface area contributed by atoms with Gasteiger partial charge in [-0.05, 0) is 43.8 Å². The van der Waals surface area contributed by atoms with Gasteiger partial charge >= 0.3 is 0 Å². The summed E-state index contributed by atoms with van der Waals surface area (Å²) in [7, 11) is 3.52. The first kappa shape index (κ1) is 21.6. The topological polar surface area (TPSA) is 73.2 Å². The predicted octanol–water partition coefficient (Wildman–Crippen LogP) is 2.42. The monoisotopic (exact) mass is 418 g/mol. The maximum absolute atomic E-state index is 12.7. The Kier molecular flexibility index (Phi) is 6.80. The van der Waals surface area contributed by atoms with Crippen molar-refractivity contribution >= 4 is 17.5 Å². The molecule has 0 radical (unpaired) electrons. The molecule has 0 saturated carbocycles. The molecule has 3 rings (SSSR count). The Morgan fingerprint density at radius 2 is 1.97 bits per heavy atom. The Morgan fingerprint density at radius 1 is 1.28 bits per heavy atom. The van der Waals surface area contributed by atoms with Crippen LogP contribution in [0.5, 0.6) is 5.75 Å². The molecule has 1 heterocycles. The van der Waals surface area contributed by atoms with Crippen LogP contribution in [0.3, 0.4) is 0 Å². The molecule has 29 heavy (non-hydrogen) atoms. The zero-order valence-corrected chi connectivity index (χ0v) is 17.5. The molecule has 0 aliphatic carbocycles. The summed E-state index contributed by atoms with van der Waals surface area (Å²) < 4.78 is 5.38. The molecular formula is C22H27ClN2O4. The number of rotatable bonds is 6. The molecule has 1 aliphatic rings. The summed E-state index contributed by atoms with van der Waals surface area (Å²) in [4.78, 5) is 16.2. The van der Waals surface area contributed by atoms with Crippen LogP contribution in [-0.4, -0.2) is 71.4 Å². The van der Waals surface area contributed by atoms with Gasteiger partial charge in [0.2, 0.25) is 0 Å². The number of hydrogen-bond donors (Lipinski definition) is 2. The number of halogens is 1. The molecule has 2 N–H and O–H groups in total. The number of para-hydroxylation sites is 1. The van der Waals surface area contributed by atoms with E-state index in [0.29, 0.717) is 30.1 Å². The van der Waals surface area contributed by atoms with E-state index >= 15 is 0 Å². The van der Waals surface area contributed by atoms with Gasteiger partial charge in [-0.1, -0.05) is 29.8 Å². The van der Waals surface area contributed by atoms with Gasteiger partial charge in [-0.2, -0.15) is 0 Å². The van der Waals surface area contributed by atoms with Crippen LogP contribution in [-0.2, 0) is 6.54 Å². The second-order valence-electron chi connectivity index (χ2n) is 7.61. The van der Waals surface area contributed by atoms with E-state index in [9.17, 15) is 15.0 Å². The molecule has 1 aliphatic heterocycles. The zero-order valence-electron chi connectivity index (χ0n) is 16.7. The Bertz CT molecular complexity index is 845. The highest BCUT2D eigenvalue weighted by molar-refractivity contribution is 6.30. The van der Waals surface area contributed by atoms with E-state index in [-0.39, 0.29) is 19.0 Å². The van der Waals surface area contributed by atoms with Gasteiger partial charge in [0.15, 0.2) is 0 Å². The van der Waals surface area contributed by atoms with Crippen LogP contribution in [0.25, 0.3) is 0 Å². The van der Waals surface area contributed by atoms with Crippen LogP contribution in [0.15, 0.2) is 48.5 Å². The Hall–Kier alpha value is -2.12. The fourth-order valence-corrected chi connectivity index (χ4v) is 3.88. The molecule has 7 heteroatoms. The third-order valence-corrected chi connectivity index (χ3v) is 5.64. The lowest BCUT2D eigenvalue weighted by Crippen LogP contribution is -2.60. The fraction of sp³-hybridized carbons (Fsp3) is 0.409. The van der Waals surface area contributed by atoms with Crippen LogP contribution >= 0.6 is 11.6 Å². The van der Waals surface area contributed by atoms with E-state index in [1.54, 1.807) is 36.3 Å². The number of benzene rings is 2. The van der Waals surface area contributed by atoms with Crippen LogP contribution < -0.4 is 4.74 Å². The quantitative estimate of drug-likeness (QED) is 0.753. The lowest BCUT2D eigenvalue weighted by Gasteiger charge is -2.43. The number of carbonyl (C=O) groups is 1. The van der Waals surface area contributed by atoms with Gasteiger partial charge in [0.05, 0.1) is 7.11 Å². The minimum absolute atomic E-state index is 0.0838. The number of aliphatic hydroxyl groups excluding tert-OH is 1. The van der Waals surface area contributed by atoms with Gasteiger partial charge < -0.3 is 19.8 Å². The first-order valence-electron chi connectivity index (χ1n) is 9.58. The van der Waals surface area contributed by atoms with Crippen molar-refractivity contribution in [2.75, 3.05) is 33.8 Å². The molecule has 0 unspecified atom stereocenters. The molecule has 1 saturated heterocycles. The molecular weight excluding hydrogens is 392 g/mol. The number of likely N-dealkylation sites (tertiary alicyclic amines) is 1. The van der Waals surface area contributed by atoms with Gasteiger partial charge in [0.25, 0.3) is 5.91 Å². The standard InChI is InChI=1S/C22H27ClN2O4/c1-24(13-17-5-3-4-6-19(17)29-2)15-22(28)11-12-25(14-20(22)26)21(27)16-7-9-18(23)10-8-16/h3-10,20,26,28H,11-15H2,1-2H3/t20-,22-/m0/s1. The SMILES string of the molecule is COc1ccccc1CN(C)C[C@@]1(O)CCN(C(=O)c2ccc(Cl)cc2)C[C@@H]1O. The van der Waals surface area contributed by atoms with E-state index in [1.807, 2.05) is 36.2 Å². The molecule has 6 nitrogen and oxygen atoms in total. The number of likely N-dealkylation sites (N-methyl/N-ethyl adjacent to an activating group) is 1. The Labute approximate surface area is 176 Å². The highest BCUT2D eigenvalue weighted by Crippen LogP contribution is 2.27. The number of amides is 1. The van der Waals surface area contributed by atoms with Crippen molar-refractivity contribution in [1.29, 1.82) is 0 Å². The summed E-state index contributed by atoms with van der Waals surface area (Å²) in [5.41, 5.74) is 0.236. The van der Waals surface area contributed by atoms with Gasteiger partial charge in [-0.3, -0.25) is 9.69 Å². The maximum Gasteiger partial charge on any atom is 0.253 e. The molecule has 2 atom stereocenters. The summed E-state index contributed by atoms with van der Waals surface area (Å²) >= 11 is 5.88. The van der Waals surface area contributed by atoms with Crippen molar-refractivity contribution in [1.82, 2.24) is 9.80 Å². The maximum atomic E-state index is 12.7. The van der Waals surface area contributed by atoms with Crippen molar-refractivity contribution in [2.24, 2.45) is 0 Å². The average Bonchev–Trinajstić information content (AvgIpc) is 2.70. The summed E-state index contributed by atoms with van der Waals surface area (Å²) in [6.45, 7) is 1.32. The molecule has 2 aromatic rings. The van der Waals surface area contributed by atoms with Crippen molar-refractivity contribution in [3.63, 3.8) is 0 Å². The molecule has 2 aromatic carbocycles. The van der Waals surface area contributed by atoms with Crippen LogP contribution in [0.4, 0.5) is 0 Å². The molecule has 1 fully saturated rings. The predicted molar refractivity (Wildman–Crippen MR) is 112 cm³/mol. The largest absolute Gasteiger partial charge is 0.496 e. The van der Waals surface area contributed by atoms with Crippen molar-refractivity contribution in [3.8, 4) is 5.75 Å². The number of ether oxygens (including phenoxy) is 1. The van der Waals surface area contributed by atoms with Crippen molar-refractivity contribution in [3.05, 3.63) is 64.7 Å². The third kappa shape index (κ3) is 5.08. The van der Waals surface area contributed by atoms with E-state index in [2.05, 4.69) is 0 Å². The number of methoxy groups -OCH3 is 1. The number of hydrogen-bond acceptors (Lipinski definition) is 5. The number of aliphatic hydroxyl groups is 2. The van der Waals surface area contributed by atoms with Gasteiger partial charge in [0, 0.05) is 42.3 Å². The van der Waals surface area contributed by atoms with E-state index < -0.39 is 11.7 Å². The first-order chi connectivity index (χ1) is 13.8. The molecule has 0 aromatic heterocycles. The van der Waals surface area contributed by atoms with Crippen molar-refractivity contribution < 1.29 is 19.7 Å². The fourth-order valence-electron chi connectivity index (χ4n) is 3.76. The zero-order chi connectivity index (χ0) is 21.0. The second-order valence-corrected chi connectivity index (χ2v) is 8.05. The molecule has 0 spiro atoms. The Morgan fingerprint density at radius 3 is 2.62 bits per heavy atom. The number of β-amino-alcohol motifs (C(OH)–C–C–N with tert-alkyl or cyclic N) is 1. The number of piperidine rings is 1. The summed E-state index contributed by atoms with van der Waals surface area (Å²) in [6.07, 6.45) is -0.739. The number of carbonyl (C=O) groups excluding carboxylic acids is 1. The lowest BCUT2D eigenvalue weighted by molar-refractivity contribution is -0.124. The van der Waals surface area contributed by atoms with Gasteiger partial charge in [-0.15, -0.1) is 0 Å². The van der Waals surface area contributed by atoms with Gasteiger partial charge in [0.1, 0.15) is 17.5 Å². The molecule has 156 valence electrons.